The third-order valence-corrected chi connectivity index (χ3v) is 14.9. The molecule has 0 bridgehead atoms. The smallest absolute Gasteiger partial charge is 0.306 e. The van der Waals surface area contributed by atoms with Crippen LogP contribution in [0, 0.1) is 0 Å². The highest BCUT2D eigenvalue weighted by atomic mass is 16.6. The Morgan fingerprint density at radius 3 is 1.07 bits per heavy atom. The van der Waals surface area contributed by atoms with Gasteiger partial charge in [-0.25, -0.2) is 4.98 Å². The molecule has 1 aromatic rings. The standard InChI is InChI=1S/C62H118N4O6/c1-8-15-30-41-56(11-4)70-60(67)44-33-24-18-21-27-36-48-64(49-37-28-22-19-25-34-45-61(68)71-57(12-5)42-31-16-9-2)51-39-52-65(53-40-54-66-55-47-63-59(66)14-7)50-38-29-23-20-26-35-46-62(69)72-58(13-6)43-32-17-10-3/h47,55-58H,8-46,48-54H2,1-7H3. The van der Waals surface area contributed by atoms with E-state index in [1.807, 2.05) is 6.20 Å². The molecule has 10 nitrogen and oxygen atoms in total. The van der Waals surface area contributed by atoms with Gasteiger partial charge in [-0.1, -0.05) is 164 Å². The average molecular weight is 1020 g/mol. The maximum absolute atomic E-state index is 12.5. The Bertz CT molecular complexity index is 1320. The molecule has 10 heteroatoms. The quantitative estimate of drug-likeness (QED) is 0.0358. The topological polar surface area (TPSA) is 103 Å². The lowest BCUT2D eigenvalue weighted by Crippen LogP contribution is -2.33. The Kier molecular flexibility index (Phi) is 46.4. The molecule has 1 heterocycles. The van der Waals surface area contributed by atoms with Crippen LogP contribution in [0.15, 0.2) is 12.4 Å². The molecule has 0 fully saturated rings. The van der Waals surface area contributed by atoms with Crippen LogP contribution in [0.5, 0.6) is 0 Å². The summed E-state index contributed by atoms with van der Waals surface area (Å²) in [6.45, 7) is 23.1. The Balaban J connectivity index is 2.64. The van der Waals surface area contributed by atoms with Crippen molar-refractivity contribution in [3.05, 3.63) is 18.2 Å². The third kappa shape index (κ3) is 39.0. The number of aromatic nitrogens is 2. The van der Waals surface area contributed by atoms with Crippen LogP contribution < -0.4 is 0 Å². The van der Waals surface area contributed by atoms with Crippen LogP contribution in [0.4, 0.5) is 0 Å². The number of ether oxygens (including phenoxy) is 3. The van der Waals surface area contributed by atoms with Crippen LogP contribution >= 0.6 is 0 Å². The van der Waals surface area contributed by atoms with Gasteiger partial charge in [0.05, 0.1) is 0 Å². The van der Waals surface area contributed by atoms with Crippen LogP contribution in [-0.2, 0) is 41.6 Å². The first kappa shape index (κ1) is 67.6. The zero-order valence-electron chi connectivity index (χ0n) is 48.7. The van der Waals surface area contributed by atoms with Crippen molar-refractivity contribution < 1.29 is 28.6 Å². The van der Waals surface area contributed by atoms with Crippen molar-refractivity contribution in [1.82, 2.24) is 19.4 Å². The summed E-state index contributed by atoms with van der Waals surface area (Å²) in [7, 11) is 0. The van der Waals surface area contributed by atoms with E-state index >= 15 is 0 Å². The molecule has 72 heavy (non-hydrogen) atoms. The molecule has 0 N–H and O–H groups in total. The molecule has 1 rings (SSSR count). The molecule has 0 aromatic carbocycles. The molecule has 0 amide bonds. The number of esters is 3. The Morgan fingerprint density at radius 2 is 0.736 bits per heavy atom. The fourth-order valence-corrected chi connectivity index (χ4v) is 10.1. The number of rotatable bonds is 54. The van der Waals surface area contributed by atoms with E-state index in [-0.39, 0.29) is 36.2 Å². The largest absolute Gasteiger partial charge is 0.462 e. The van der Waals surface area contributed by atoms with Gasteiger partial charge >= 0.3 is 17.9 Å². The second-order valence-electron chi connectivity index (χ2n) is 21.4. The summed E-state index contributed by atoms with van der Waals surface area (Å²) in [6.07, 6.45) is 46.6. The lowest BCUT2D eigenvalue weighted by atomic mass is 10.1. The zero-order chi connectivity index (χ0) is 52.5. The van der Waals surface area contributed by atoms with Crippen molar-refractivity contribution in [1.29, 1.82) is 0 Å². The molecule has 0 aliphatic carbocycles. The van der Waals surface area contributed by atoms with E-state index in [1.165, 1.54) is 141 Å². The van der Waals surface area contributed by atoms with Crippen molar-refractivity contribution in [3.8, 4) is 0 Å². The summed E-state index contributed by atoms with van der Waals surface area (Å²) in [6, 6.07) is 0. The maximum atomic E-state index is 12.5. The number of hydrogen-bond acceptors (Lipinski definition) is 9. The van der Waals surface area contributed by atoms with Gasteiger partial charge in [-0.2, -0.15) is 0 Å². The SMILES string of the molecule is CCCCCC(CC)OC(=O)CCCCCCCCN(CCCCCCCCC(=O)OC(CC)CCCCC)CCCN(CCCCCCCCC(=O)OC(CC)CCCCC)CCCn1ccnc1CC. The number of aryl methyl sites for hydroxylation is 2. The number of carbonyl (C=O) groups excluding carboxylic acids is 3. The molecule has 422 valence electrons. The van der Waals surface area contributed by atoms with Crippen LogP contribution in [-0.4, -0.2) is 94.8 Å². The number of carbonyl (C=O) groups is 3. The van der Waals surface area contributed by atoms with Gasteiger partial charge < -0.3 is 28.6 Å². The van der Waals surface area contributed by atoms with Crippen molar-refractivity contribution in [2.24, 2.45) is 0 Å². The molecular weight excluding hydrogens is 897 g/mol. The highest BCUT2D eigenvalue weighted by molar-refractivity contribution is 5.70. The van der Waals surface area contributed by atoms with E-state index < -0.39 is 0 Å². The minimum Gasteiger partial charge on any atom is -0.462 e. The highest BCUT2D eigenvalue weighted by Crippen LogP contribution is 2.18. The van der Waals surface area contributed by atoms with E-state index in [4.69, 9.17) is 14.2 Å². The molecule has 0 spiro atoms. The summed E-state index contributed by atoms with van der Waals surface area (Å²) in [5, 5.41) is 0. The summed E-state index contributed by atoms with van der Waals surface area (Å²) >= 11 is 0. The van der Waals surface area contributed by atoms with Gasteiger partial charge in [0.15, 0.2) is 0 Å². The monoisotopic (exact) mass is 1010 g/mol. The fourth-order valence-electron chi connectivity index (χ4n) is 10.1. The number of nitrogens with zero attached hydrogens (tertiary/aromatic N) is 4. The minimum absolute atomic E-state index is 0.00424. The van der Waals surface area contributed by atoms with E-state index in [1.54, 1.807) is 0 Å². The Hall–Kier alpha value is -2.46. The highest BCUT2D eigenvalue weighted by Gasteiger charge is 2.16. The van der Waals surface area contributed by atoms with Gasteiger partial charge in [-0.3, -0.25) is 14.4 Å². The van der Waals surface area contributed by atoms with Crippen molar-refractivity contribution in [3.63, 3.8) is 0 Å². The number of imidazole rings is 1. The van der Waals surface area contributed by atoms with Crippen molar-refractivity contribution in [2.75, 3.05) is 39.3 Å². The van der Waals surface area contributed by atoms with E-state index in [0.717, 1.165) is 142 Å². The third-order valence-electron chi connectivity index (χ3n) is 14.9. The van der Waals surface area contributed by atoms with Crippen LogP contribution in [0.3, 0.4) is 0 Å². The maximum Gasteiger partial charge on any atom is 0.306 e. The summed E-state index contributed by atoms with van der Waals surface area (Å²) in [5.74, 6) is 1.17. The van der Waals surface area contributed by atoms with Gasteiger partial charge in [0.1, 0.15) is 24.1 Å². The van der Waals surface area contributed by atoms with Crippen LogP contribution in [0.1, 0.15) is 298 Å². The van der Waals surface area contributed by atoms with Crippen LogP contribution in [0.2, 0.25) is 0 Å². The van der Waals surface area contributed by atoms with Gasteiger partial charge in [-0.05, 0) is 148 Å². The second kappa shape index (κ2) is 49.4. The summed E-state index contributed by atoms with van der Waals surface area (Å²) in [5.41, 5.74) is 0. The van der Waals surface area contributed by atoms with Crippen LogP contribution in [0.25, 0.3) is 0 Å². The normalized spacial score (nSPS) is 13.0. The van der Waals surface area contributed by atoms with Gasteiger partial charge in [0.25, 0.3) is 0 Å². The Labute approximate surface area is 445 Å². The van der Waals surface area contributed by atoms with Gasteiger partial charge in [0.2, 0.25) is 0 Å². The van der Waals surface area contributed by atoms with Crippen molar-refractivity contribution in [2.45, 2.75) is 324 Å². The zero-order valence-corrected chi connectivity index (χ0v) is 48.7. The molecule has 0 aliphatic rings. The molecule has 3 atom stereocenters. The predicted molar refractivity (Wildman–Crippen MR) is 304 cm³/mol. The molecular formula is C62H118N4O6. The lowest BCUT2D eigenvalue weighted by Gasteiger charge is -2.26. The van der Waals surface area contributed by atoms with E-state index in [9.17, 15) is 14.4 Å². The molecule has 3 unspecified atom stereocenters. The molecule has 0 aliphatic heterocycles. The summed E-state index contributed by atoms with van der Waals surface area (Å²) in [4.78, 5) is 47.5. The predicted octanol–water partition coefficient (Wildman–Crippen LogP) is 16.7. The Morgan fingerprint density at radius 1 is 0.417 bits per heavy atom. The lowest BCUT2D eigenvalue weighted by molar-refractivity contribution is -0.150. The first-order valence-corrected chi connectivity index (χ1v) is 31.3. The van der Waals surface area contributed by atoms with Gasteiger partial charge in [0, 0.05) is 44.6 Å². The minimum atomic E-state index is -0.00441. The average Bonchev–Trinajstić information content (AvgIpc) is 3.84. The van der Waals surface area contributed by atoms with Crippen molar-refractivity contribution >= 4 is 17.9 Å². The van der Waals surface area contributed by atoms with E-state index in [0.29, 0.717) is 19.3 Å². The second-order valence-corrected chi connectivity index (χ2v) is 21.4. The van der Waals surface area contributed by atoms with E-state index in [2.05, 4.69) is 74.0 Å². The molecule has 0 saturated carbocycles. The van der Waals surface area contributed by atoms with Gasteiger partial charge in [-0.15, -0.1) is 0 Å². The fraction of sp³-hybridized carbons (Fsp3) is 0.903. The molecule has 1 aromatic heterocycles. The number of unbranched alkanes of at least 4 members (excludes halogenated alkanes) is 21. The molecule has 0 saturated heterocycles. The first-order chi connectivity index (χ1) is 35.2. The molecule has 0 radical (unpaired) electrons. The number of hydrogen-bond donors (Lipinski definition) is 0. The summed E-state index contributed by atoms with van der Waals surface area (Å²) < 4.78 is 19.7. The first-order valence-electron chi connectivity index (χ1n) is 31.3.